The van der Waals surface area contributed by atoms with E-state index in [9.17, 15) is 9.59 Å². The van der Waals surface area contributed by atoms with E-state index in [4.69, 9.17) is 0 Å². The van der Waals surface area contributed by atoms with Crippen LogP contribution in [-0.4, -0.2) is 12.2 Å². The van der Waals surface area contributed by atoms with Gasteiger partial charge < -0.3 is 10.1 Å². The Balaban J connectivity index is 2.21. The minimum Gasteiger partial charge on any atom is -0.357 e. The summed E-state index contributed by atoms with van der Waals surface area (Å²) in [5.74, 6) is -0.0213. The van der Waals surface area contributed by atoms with Crippen LogP contribution in [0.25, 0.3) is 0 Å². The van der Waals surface area contributed by atoms with Crippen LogP contribution in [0.5, 0.6) is 0 Å². The molecule has 5 heteroatoms. The average Bonchev–Trinajstić information content (AvgIpc) is 2.77. The van der Waals surface area contributed by atoms with Crippen LogP contribution in [0, 0.1) is 5.41 Å². The molecular weight excluding hydrogens is 380 g/mol. The minimum absolute atomic E-state index is 0.0213. The largest absolute Gasteiger partial charge is 0.357 e. The van der Waals surface area contributed by atoms with Crippen LogP contribution in [0.2, 0.25) is 0 Å². The van der Waals surface area contributed by atoms with Crippen LogP contribution in [0.1, 0.15) is 52.1 Å². The number of aldehydes is 1. The van der Waals surface area contributed by atoms with Gasteiger partial charge in [-0.25, -0.2) is 0 Å². The maximum Gasteiger partial charge on any atom is 0.224 e. The van der Waals surface area contributed by atoms with Crippen molar-refractivity contribution >= 4 is 36.2 Å². The van der Waals surface area contributed by atoms with Gasteiger partial charge in [0.05, 0.1) is 17.4 Å². The van der Waals surface area contributed by atoms with Gasteiger partial charge in [0.15, 0.2) is 0 Å². The zero-order valence-electron chi connectivity index (χ0n) is 17.4. The molecular formula is C24H28N2O2S. The highest BCUT2D eigenvalue weighted by Gasteiger charge is 2.33. The van der Waals surface area contributed by atoms with Crippen LogP contribution in [0.15, 0.2) is 64.7 Å². The topological polar surface area (TPSA) is 49.4 Å². The van der Waals surface area contributed by atoms with E-state index in [-0.39, 0.29) is 17.4 Å². The van der Waals surface area contributed by atoms with E-state index < -0.39 is 0 Å². The molecule has 1 unspecified atom stereocenters. The van der Waals surface area contributed by atoms with E-state index in [0.29, 0.717) is 12.8 Å². The van der Waals surface area contributed by atoms with Gasteiger partial charge in [0, 0.05) is 23.9 Å². The van der Waals surface area contributed by atoms with Crippen molar-refractivity contribution in [1.82, 2.24) is 0 Å². The van der Waals surface area contributed by atoms with Crippen LogP contribution >= 0.6 is 12.6 Å². The van der Waals surface area contributed by atoms with Crippen LogP contribution < -0.4 is 10.2 Å². The highest BCUT2D eigenvalue weighted by atomic mass is 32.1. The molecule has 0 saturated carbocycles. The molecule has 0 radical (unpaired) electrons. The molecule has 0 spiro atoms. The SMILES string of the molecule is CC(=O)N1c2ccccc2NC(CC(C)(C)CC=O)=C(C)C1c1ccc(S)cc1. The molecule has 0 fully saturated rings. The number of allylic oxidation sites excluding steroid dienone is 1. The molecule has 2 aromatic carbocycles. The lowest BCUT2D eigenvalue weighted by molar-refractivity contribution is -0.117. The summed E-state index contributed by atoms with van der Waals surface area (Å²) in [6.07, 6.45) is 2.16. The van der Waals surface area contributed by atoms with Crippen molar-refractivity contribution in [3.8, 4) is 0 Å². The van der Waals surface area contributed by atoms with E-state index in [0.717, 1.165) is 39.4 Å². The van der Waals surface area contributed by atoms with Crippen molar-refractivity contribution < 1.29 is 9.59 Å². The Morgan fingerprint density at radius 3 is 2.45 bits per heavy atom. The molecule has 152 valence electrons. The highest BCUT2D eigenvalue weighted by Crippen LogP contribution is 2.44. The third-order valence-electron chi connectivity index (χ3n) is 5.43. The molecule has 1 aliphatic rings. The molecule has 0 aliphatic carbocycles. The Labute approximate surface area is 178 Å². The molecule has 1 amide bonds. The number of hydrogen-bond acceptors (Lipinski definition) is 4. The molecule has 0 aromatic heterocycles. The Morgan fingerprint density at radius 2 is 1.83 bits per heavy atom. The number of amides is 1. The number of anilines is 2. The van der Waals surface area contributed by atoms with Crippen molar-refractivity contribution in [2.75, 3.05) is 10.2 Å². The van der Waals surface area contributed by atoms with Crippen LogP contribution in [0.3, 0.4) is 0 Å². The van der Waals surface area contributed by atoms with Gasteiger partial charge in [-0.15, -0.1) is 12.6 Å². The minimum atomic E-state index is -0.236. The van der Waals surface area contributed by atoms with Crippen molar-refractivity contribution in [1.29, 1.82) is 0 Å². The second-order valence-electron chi connectivity index (χ2n) is 8.40. The van der Waals surface area contributed by atoms with Gasteiger partial charge in [0.25, 0.3) is 0 Å². The molecule has 1 aliphatic heterocycles. The number of para-hydroxylation sites is 2. The zero-order valence-corrected chi connectivity index (χ0v) is 18.3. The number of thiol groups is 1. The number of nitrogens with zero attached hydrogens (tertiary/aromatic N) is 1. The summed E-state index contributed by atoms with van der Waals surface area (Å²) < 4.78 is 0. The van der Waals surface area contributed by atoms with Crippen LogP contribution in [0.4, 0.5) is 11.4 Å². The quantitative estimate of drug-likeness (QED) is 0.487. The summed E-state index contributed by atoms with van der Waals surface area (Å²) in [4.78, 5) is 26.7. The van der Waals surface area contributed by atoms with E-state index in [1.54, 1.807) is 6.92 Å². The number of carbonyl (C=O) groups is 2. The molecule has 2 aromatic rings. The molecule has 29 heavy (non-hydrogen) atoms. The lowest BCUT2D eigenvalue weighted by atomic mass is 9.82. The number of hydrogen-bond donors (Lipinski definition) is 2. The normalized spacial score (nSPS) is 16.7. The van der Waals surface area contributed by atoms with Gasteiger partial charge in [-0.05, 0) is 54.2 Å². The lowest BCUT2D eigenvalue weighted by Gasteiger charge is -2.32. The Hall–Kier alpha value is -2.53. The number of carbonyl (C=O) groups excluding carboxylic acids is 2. The molecule has 1 atom stereocenters. The summed E-state index contributed by atoms with van der Waals surface area (Å²) >= 11 is 4.41. The Bertz CT molecular complexity index is 948. The third kappa shape index (κ3) is 4.56. The monoisotopic (exact) mass is 408 g/mol. The molecule has 1 N–H and O–H groups in total. The molecule has 0 bridgehead atoms. The first-order chi connectivity index (χ1) is 13.7. The molecule has 3 rings (SSSR count). The van der Waals surface area contributed by atoms with Crippen molar-refractivity contribution in [3.05, 3.63) is 65.4 Å². The van der Waals surface area contributed by atoms with E-state index in [1.165, 1.54) is 0 Å². The zero-order chi connectivity index (χ0) is 21.2. The second kappa shape index (κ2) is 8.46. The maximum absolute atomic E-state index is 12.8. The Kier molecular flexibility index (Phi) is 6.18. The predicted molar refractivity (Wildman–Crippen MR) is 121 cm³/mol. The van der Waals surface area contributed by atoms with Crippen LogP contribution in [-0.2, 0) is 9.59 Å². The molecule has 0 saturated heterocycles. The summed E-state index contributed by atoms with van der Waals surface area (Å²) in [6.45, 7) is 7.85. The number of rotatable bonds is 5. The number of benzene rings is 2. The second-order valence-corrected chi connectivity index (χ2v) is 8.91. The Morgan fingerprint density at radius 1 is 1.17 bits per heavy atom. The highest BCUT2D eigenvalue weighted by molar-refractivity contribution is 7.80. The maximum atomic E-state index is 12.8. The summed E-state index contributed by atoms with van der Waals surface area (Å²) in [5.41, 5.74) is 4.70. The van der Waals surface area contributed by atoms with Crippen molar-refractivity contribution in [2.24, 2.45) is 5.41 Å². The molecule has 4 nitrogen and oxygen atoms in total. The van der Waals surface area contributed by atoms with Crippen molar-refractivity contribution in [2.45, 2.75) is 51.5 Å². The molecule has 1 heterocycles. The van der Waals surface area contributed by atoms with E-state index in [2.05, 4.69) is 38.7 Å². The smallest absolute Gasteiger partial charge is 0.224 e. The van der Waals surface area contributed by atoms with Gasteiger partial charge in [-0.2, -0.15) is 0 Å². The first-order valence-electron chi connectivity index (χ1n) is 9.81. The fraction of sp³-hybridized carbons (Fsp3) is 0.333. The first kappa shape index (κ1) is 21.2. The average molecular weight is 409 g/mol. The van der Waals surface area contributed by atoms with Crippen molar-refractivity contribution in [3.63, 3.8) is 0 Å². The predicted octanol–water partition coefficient (Wildman–Crippen LogP) is 5.77. The van der Waals surface area contributed by atoms with E-state index in [1.807, 2.05) is 53.4 Å². The van der Waals surface area contributed by atoms with Gasteiger partial charge in [0.1, 0.15) is 6.29 Å². The number of fused-ring (bicyclic) bond motifs is 1. The standard InChI is InChI=1S/C24H28N2O2S/c1-16-21(15-24(3,4)13-14-27)25-20-7-5-6-8-22(20)26(17(2)28)23(16)18-9-11-19(29)12-10-18/h5-12,14,23,25,29H,13,15H2,1-4H3. The first-order valence-corrected chi connectivity index (χ1v) is 10.3. The summed E-state index contributed by atoms with van der Waals surface area (Å²) in [7, 11) is 0. The fourth-order valence-corrected chi connectivity index (χ4v) is 4.06. The summed E-state index contributed by atoms with van der Waals surface area (Å²) in [5, 5.41) is 3.57. The third-order valence-corrected chi connectivity index (χ3v) is 5.73. The fourth-order valence-electron chi connectivity index (χ4n) is 3.92. The van der Waals surface area contributed by atoms with Gasteiger partial charge in [-0.3, -0.25) is 9.69 Å². The van der Waals surface area contributed by atoms with Gasteiger partial charge in [0.2, 0.25) is 5.91 Å². The van der Waals surface area contributed by atoms with Gasteiger partial charge >= 0.3 is 0 Å². The lowest BCUT2D eigenvalue weighted by Crippen LogP contribution is -2.33. The van der Waals surface area contributed by atoms with E-state index >= 15 is 0 Å². The van der Waals surface area contributed by atoms with Gasteiger partial charge in [-0.1, -0.05) is 38.1 Å². The summed E-state index contributed by atoms with van der Waals surface area (Å²) in [6, 6.07) is 15.6. The number of nitrogens with one attached hydrogen (secondary N) is 1.